The summed E-state index contributed by atoms with van der Waals surface area (Å²) in [5.41, 5.74) is 0.561. The predicted molar refractivity (Wildman–Crippen MR) is 78.4 cm³/mol. The van der Waals surface area contributed by atoms with Crippen molar-refractivity contribution in [1.29, 1.82) is 0 Å². The molecule has 0 aromatic heterocycles. The molecule has 5 nitrogen and oxygen atoms in total. The van der Waals surface area contributed by atoms with Crippen molar-refractivity contribution in [3.8, 4) is 0 Å². The molecule has 0 aliphatic carbocycles. The summed E-state index contributed by atoms with van der Waals surface area (Å²) in [5.74, 6) is -0.450. The van der Waals surface area contributed by atoms with Gasteiger partial charge in [0, 0.05) is 22.0 Å². The quantitative estimate of drug-likeness (QED) is 0.849. The number of hydrogen-bond donors (Lipinski definition) is 2. The molecule has 2 rings (SSSR count). The standard InChI is InChI=1S/C14H17BrN2O3/c1-14(8-20-9-14)7-17-12(18)6-16-13(19)10-2-4-11(15)5-3-10/h2-5H,6-9H2,1H3,(H,16,19)(H,17,18). The second kappa shape index (κ2) is 6.37. The third-order valence-corrected chi connectivity index (χ3v) is 3.66. The first-order valence-corrected chi connectivity index (χ1v) is 7.16. The van der Waals surface area contributed by atoms with Gasteiger partial charge >= 0.3 is 0 Å². The number of nitrogens with one attached hydrogen (secondary N) is 2. The van der Waals surface area contributed by atoms with Crippen molar-refractivity contribution >= 4 is 27.7 Å². The highest BCUT2D eigenvalue weighted by atomic mass is 79.9. The van der Waals surface area contributed by atoms with Crippen LogP contribution in [0.2, 0.25) is 0 Å². The van der Waals surface area contributed by atoms with Gasteiger partial charge in [0.2, 0.25) is 5.91 Å². The number of halogens is 1. The fourth-order valence-corrected chi connectivity index (χ4v) is 2.06. The Morgan fingerprint density at radius 3 is 2.45 bits per heavy atom. The molecule has 0 unspecified atom stereocenters. The molecule has 6 heteroatoms. The van der Waals surface area contributed by atoms with Crippen LogP contribution < -0.4 is 10.6 Å². The van der Waals surface area contributed by atoms with E-state index >= 15 is 0 Å². The van der Waals surface area contributed by atoms with Gasteiger partial charge in [-0.3, -0.25) is 9.59 Å². The van der Waals surface area contributed by atoms with Gasteiger partial charge in [-0.1, -0.05) is 22.9 Å². The number of rotatable bonds is 5. The molecule has 1 saturated heterocycles. The molecule has 0 radical (unpaired) electrons. The van der Waals surface area contributed by atoms with E-state index in [1.165, 1.54) is 0 Å². The Labute approximate surface area is 126 Å². The van der Waals surface area contributed by atoms with Crippen molar-refractivity contribution < 1.29 is 14.3 Å². The molecule has 0 spiro atoms. The molecule has 0 atom stereocenters. The molecule has 1 aliphatic rings. The van der Waals surface area contributed by atoms with Crippen molar-refractivity contribution in [2.24, 2.45) is 5.41 Å². The number of ether oxygens (including phenoxy) is 1. The Balaban J connectivity index is 1.72. The van der Waals surface area contributed by atoms with Gasteiger partial charge < -0.3 is 15.4 Å². The predicted octanol–water partition coefficient (Wildman–Crippen LogP) is 1.33. The maximum atomic E-state index is 11.8. The first-order chi connectivity index (χ1) is 9.48. The molecule has 0 bridgehead atoms. The lowest BCUT2D eigenvalue weighted by molar-refractivity contribution is -0.125. The number of amides is 2. The Bertz CT molecular complexity index is 498. The van der Waals surface area contributed by atoms with Crippen molar-refractivity contribution in [2.75, 3.05) is 26.3 Å². The van der Waals surface area contributed by atoms with E-state index in [2.05, 4.69) is 33.5 Å². The summed E-state index contributed by atoms with van der Waals surface area (Å²) >= 11 is 3.30. The number of carbonyl (C=O) groups is 2. The minimum atomic E-state index is -0.258. The molecule has 1 aromatic rings. The minimum Gasteiger partial charge on any atom is -0.380 e. The fourth-order valence-electron chi connectivity index (χ4n) is 1.79. The minimum absolute atomic E-state index is 0.0220. The molecule has 1 fully saturated rings. The summed E-state index contributed by atoms with van der Waals surface area (Å²) in [6.45, 7) is 3.93. The van der Waals surface area contributed by atoms with Crippen LogP contribution >= 0.6 is 15.9 Å². The monoisotopic (exact) mass is 340 g/mol. The first kappa shape index (κ1) is 15.0. The third-order valence-electron chi connectivity index (χ3n) is 3.13. The average Bonchev–Trinajstić information content (AvgIpc) is 2.41. The van der Waals surface area contributed by atoms with Gasteiger partial charge in [-0.2, -0.15) is 0 Å². The van der Waals surface area contributed by atoms with E-state index in [1.54, 1.807) is 24.3 Å². The third kappa shape index (κ3) is 4.05. The maximum Gasteiger partial charge on any atom is 0.251 e. The second-order valence-electron chi connectivity index (χ2n) is 5.27. The van der Waals surface area contributed by atoms with Gasteiger partial charge in [0.1, 0.15) is 0 Å². The number of hydrogen-bond acceptors (Lipinski definition) is 3. The molecule has 1 aromatic carbocycles. The topological polar surface area (TPSA) is 67.4 Å². The highest BCUT2D eigenvalue weighted by Crippen LogP contribution is 2.24. The Hall–Kier alpha value is -1.40. The van der Waals surface area contributed by atoms with Crippen LogP contribution in [-0.4, -0.2) is 38.1 Å². The highest BCUT2D eigenvalue weighted by molar-refractivity contribution is 9.10. The molecule has 1 heterocycles. The molecule has 0 saturated carbocycles. The maximum absolute atomic E-state index is 11.8. The number of carbonyl (C=O) groups excluding carboxylic acids is 2. The molecule has 20 heavy (non-hydrogen) atoms. The lowest BCUT2D eigenvalue weighted by Crippen LogP contribution is -2.50. The van der Waals surface area contributed by atoms with Crippen LogP contribution in [-0.2, 0) is 9.53 Å². The molecule has 2 amide bonds. The van der Waals surface area contributed by atoms with Crippen LogP contribution in [0.3, 0.4) is 0 Å². The van der Waals surface area contributed by atoms with E-state index in [9.17, 15) is 9.59 Å². The normalized spacial score (nSPS) is 16.1. The zero-order chi connectivity index (χ0) is 14.6. The van der Waals surface area contributed by atoms with Gasteiger partial charge in [-0.25, -0.2) is 0 Å². The van der Waals surface area contributed by atoms with Gasteiger partial charge in [-0.05, 0) is 24.3 Å². The fraction of sp³-hybridized carbons (Fsp3) is 0.429. The summed E-state index contributed by atoms with van der Waals surface area (Å²) in [6.07, 6.45) is 0. The molecule has 108 valence electrons. The lowest BCUT2D eigenvalue weighted by Gasteiger charge is -2.38. The van der Waals surface area contributed by atoms with Crippen LogP contribution in [0, 0.1) is 5.41 Å². The van der Waals surface area contributed by atoms with E-state index in [0.717, 1.165) is 4.47 Å². The van der Waals surface area contributed by atoms with Crippen molar-refractivity contribution in [3.63, 3.8) is 0 Å². The van der Waals surface area contributed by atoms with Crippen LogP contribution in [0.4, 0.5) is 0 Å². The lowest BCUT2D eigenvalue weighted by atomic mass is 9.89. The summed E-state index contributed by atoms with van der Waals surface area (Å²) in [4.78, 5) is 23.4. The summed E-state index contributed by atoms with van der Waals surface area (Å²) in [5, 5.41) is 5.39. The zero-order valence-corrected chi connectivity index (χ0v) is 12.8. The van der Waals surface area contributed by atoms with E-state index in [0.29, 0.717) is 25.3 Å². The van der Waals surface area contributed by atoms with Crippen LogP contribution in [0.15, 0.2) is 28.7 Å². The second-order valence-corrected chi connectivity index (χ2v) is 6.19. The van der Waals surface area contributed by atoms with Crippen molar-refractivity contribution in [1.82, 2.24) is 10.6 Å². The van der Waals surface area contributed by atoms with Gasteiger partial charge in [0.05, 0.1) is 19.8 Å². The Morgan fingerprint density at radius 1 is 1.25 bits per heavy atom. The van der Waals surface area contributed by atoms with Gasteiger partial charge in [0.15, 0.2) is 0 Å². The summed E-state index contributed by atoms with van der Waals surface area (Å²) in [7, 11) is 0. The summed E-state index contributed by atoms with van der Waals surface area (Å²) in [6, 6.07) is 6.97. The highest BCUT2D eigenvalue weighted by Gasteiger charge is 2.33. The molecular formula is C14H17BrN2O3. The first-order valence-electron chi connectivity index (χ1n) is 6.37. The summed E-state index contributed by atoms with van der Waals surface area (Å²) < 4.78 is 6.02. The average molecular weight is 341 g/mol. The van der Waals surface area contributed by atoms with Crippen LogP contribution in [0.5, 0.6) is 0 Å². The van der Waals surface area contributed by atoms with Gasteiger partial charge in [0.25, 0.3) is 5.91 Å². The van der Waals surface area contributed by atoms with E-state index in [4.69, 9.17) is 4.74 Å². The van der Waals surface area contributed by atoms with Crippen LogP contribution in [0.1, 0.15) is 17.3 Å². The van der Waals surface area contributed by atoms with E-state index in [-0.39, 0.29) is 23.8 Å². The van der Waals surface area contributed by atoms with Crippen molar-refractivity contribution in [3.05, 3.63) is 34.3 Å². The number of benzene rings is 1. The molecular weight excluding hydrogens is 324 g/mol. The zero-order valence-electron chi connectivity index (χ0n) is 11.2. The van der Waals surface area contributed by atoms with E-state index < -0.39 is 0 Å². The van der Waals surface area contributed by atoms with Crippen LogP contribution in [0.25, 0.3) is 0 Å². The smallest absolute Gasteiger partial charge is 0.251 e. The molecule has 2 N–H and O–H groups in total. The molecule has 1 aliphatic heterocycles. The Morgan fingerprint density at radius 2 is 1.90 bits per heavy atom. The van der Waals surface area contributed by atoms with Crippen molar-refractivity contribution in [2.45, 2.75) is 6.92 Å². The Kier molecular flexibility index (Phi) is 4.77. The largest absolute Gasteiger partial charge is 0.380 e. The van der Waals surface area contributed by atoms with E-state index in [1.807, 2.05) is 0 Å². The SMILES string of the molecule is CC1(CNC(=O)CNC(=O)c2ccc(Br)cc2)COC1. The van der Waals surface area contributed by atoms with Gasteiger partial charge in [-0.15, -0.1) is 0 Å².